The van der Waals surface area contributed by atoms with Gasteiger partial charge in [-0.15, -0.1) is 0 Å². The average molecular weight is 380 g/mol. The summed E-state index contributed by atoms with van der Waals surface area (Å²) >= 11 is 0. The van der Waals surface area contributed by atoms with Crippen LogP contribution in [-0.2, 0) is 0 Å². The summed E-state index contributed by atoms with van der Waals surface area (Å²) in [7, 11) is 0. The number of hydrogen-bond acceptors (Lipinski definition) is 4. The van der Waals surface area contributed by atoms with Crippen LogP contribution in [0.3, 0.4) is 0 Å². The predicted octanol–water partition coefficient (Wildman–Crippen LogP) is 3.88. The van der Waals surface area contributed by atoms with E-state index >= 15 is 0 Å². The molecular formula is C22H29N5O. The number of nitrogens with two attached hydrogens (primary N) is 1. The maximum Gasteiger partial charge on any atom is 0.351 e. The Morgan fingerprint density at radius 1 is 1.07 bits per heavy atom. The standard InChI is InChI=1S/C22H29N5O/c1-20-9-15-10-21(2,12-20)14-22(11-15,13-20)26-27(19(28)25-23)18-8-7-16-5-3-4-6-17(16)24-18/h3-8,15,26H,9-14,23H2,1-2H3,(H,25,28). The number of aromatic nitrogens is 1. The van der Waals surface area contributed by atoms with E-state index in [2.05, 4.69) is 24.7 Å². The van der Waals surface area contributed by atoms with Gasteiger partial charge in [0.15, 0.2) is 5.82 Å². The van der Waals surface area contributed by atoms with Crippen molar-refractivity contribution in [1.29, 1.82) is 0 Å². The van der Waals surface area contributed by atoms with Gasteiger partial charge in [-0.25, -0.2) is 26.1 Å². The monoisotopic (exact) mass is 379 g/mol. The average Bonchev–Trinajstić information content (AvgIpc) is 2.62. The Labute approximate surface area is 165 Å². The predicted molar refractivity (Wildman–Crippen MR) is 110 cm³/mol. The normalized spacial score (nSPS) is 35.9. The molecule has 6 rings (SSSR count). The summed E-state index contributed by atoms with van der Waals surface area (Å²) in [6.45, 7) is 4.85. The molecular weight excluding hydrogens is 350 g/mol. The van der Waals surface area contributed by atoms with Gasteiger partial charge >= 0.3 is 6.03 Å². The molecule has 2 atom stereocenters. The van der Waals surface area contributed by atoms with Crippen molar-refractivity contribution in [3.05, 3.63) is 36.4 Å². The van der Waals surface area contributed by atoms with E-state index in [4.69, 9.17) is 10.8 Å². The summed E-state index contributed by atoms with van der Waals surface area (Å²) < 4.78 is 0. The second-order valence-electron chi connectivity index (χ2n) is 10.2. The first-order valence-electron chi connectivity index (χ1n) is 10.3. The third-order valence-electron chi connectivity index (χ3n) is 7.11. The van der Waals surface area contributed by atoms with Crippen molar-refractivity contribution in [3.8, 4) is 0 Å². The molecule has 0 saturated heterocycles. The van der Waals surface area contributed by atoms with Crippen LogP contribution in [0.25, 0.3) is 10.9 Å². The molecule has 4 saturated carbocycles. The molecule has 1 heterocycles. The van der Waals surface area contributed by atoms with Gasteiger partial charge in [0, 0.05) is 10.9 Å². The number of hydrogen-bond donors (Lipinski definition) is 3. The zero-order chi connectivity index (χ0) is 19.6. The van der Waals surface area contributed by atoms with Crippen molar-refractivity contribution in [2.24, 2.45) is 22.6 Å². The van der Waals surface area contributed by atoms with Crippen LogP contribution in [0.4, 0.5) is 10.6 Å². The van der Waals surface area contributed by atoms with E-state index in [0.29, 0.717) is 16.6 Å². The van der Waals surface area contributed by atoms with Gasteiger partial charge in [0.25, 0.3) is 0 Å². The zero-order valence-corrected chi connectivity index (χ0v) is 16.7. The van der Waals surface area contributed by atoms with Crippen LogP contribution in [0.2, 0.25) is 0 Å². The number of rotatable bonds is 3. The van der Waals surface area contributed by atoms with Gasteiger partial charge < -0.3 is 0 Å². The molecule has 4 bridgehead atoms. The number of pyridine rings is 1. The van der Waals surface area contributed by atoms with Crippen LogP contribution < -0.4 is 21.7 Å². The highest BCUT2D eigenvalue weighted by Gasteiger charge is 2.60. The lowest BCUT2D eigenvalue weighted by Gasteiger charge is -2.65. The molecule has 4 N–H and O–H groups in total. The smallest absolute Gasteiger partial charge is 0.274 e. The van der Waals surface area contributed by atoms with Gasteiger partial charge in [0.05, 0.1) is 5.52 Å². The summed E-state index contributed by atoms with van der Waals surface area (Å²) in [6, 6.07) is 11.4. The SMILES string of the molecule is CC12CC3CC(C)(C1)CC(NN(C(=O)NN)c1ccc4ccccc4n1)(C3)C2. The minimum atomic E-state index is -0.381. The van der Waals surface area contributed by atoms with Crippen LogP contribution in [0.5, 0.6) is 0 Å². The van der Waals surface area contributed by atoms with Gasteiger partial charge in [0.2, 0.25) is 0 Å². The van der Waals surface area contributed by atoms with Crippen molar-refractivity contribution in [2.75, 3.05) is 5.01 Å². The minimum Gasteiger partial charge on any atom is -0.274 e. The van der Waals surface area contributed by atoms with Crippen LogP contribution >= 0.6 is 0 Å². The van der Waals surface area contributed by atoms with Gasteiger partial charge in [-0.1, -0.05) is 32.0 Å². The number of urea groups is 1. The van der Waals surface area contributed by atoms with E-state index in [0.717, 1.165) is 36.1 Å². The molecule has 4 aliphatic rings. The zero-order valence-electron chi connectivity index (χ0n) is 16.7. The van der Waals surface area contributed by atoms with E-state index in [1.54, 1.807) is 0 Å². The molecule has 4 fully saturated rings. The number of nitrogens with zero attached hydrogens (tertiary/aromatic N) is 2. The number of benzene rings is 1. The van der Waals surface area contributed by atoms with Crippen molar-refractivity contribution >= 4 is 22.8 Å². The highest BCUT2D eigenvalue weighted by atomic mass is 16.2. The summed E-state index contributed by atoms with van der Waals surface area (Å²) in [4.78, 5) is 17.4. The molecule has 1 aromatic carbocycles. The Morgan fingerprint density at radius 2 is 1.79 bits per heavy atom. The number of carbonyl (C=O) groups excluding carboxylic acids is 1. The Hall–Kier alpha value is -2.18. The van der Waals surface area contributed by atoms with Crippen LogP contribution in [-0.4, -0.2) is 16.6 Å². The highest BCUT2D eigenvalue weighted by molar-refractivity contribution is 5.91. The number of para-hydroxylation sites is 1. The number of anilines is 1. The molecule has 6 heteroatoms. The fourth-order valence-corrected chi connectivity index (χ4v) is 7.27. The first-order valence-corrected chi connectivity index (χ1v) is 10.3. The van der Waals surface area contributed by atoms with Gasteiger partial charge in [-0.05, 0) is 73.5 Å². The molecule has 148 valence electrons. The fraction of sp³-hybridized carbons (Fsp3) is 0.545. The van der Waals surface area contributed by atoms with E-state index in [-0.39, 0.29) is 11.6 Å². The van der Waals surface area contributed by atoms with Crippen LogP contribution in [0.15, 0.2) is 36.4 Å². The van der Waals surface area contributed by atoms with E-state index in [1.807, 2.05) is 36.4 Å². The summed E-state index contributed by atoms with van der Waals surface area (Å²) in [5.74, 6) is 6.84. The molecule has 2 amide bonds. The number of hydrazine groups is 2. The molecule has 6 nitrogen and oxygen atoms in total. The first kappa shape index (κ1) is 17.9. The second kappa shape index (κ2) is 5.91. The Kier molecular flexibility index (Phi) is 3.77. The summed E-state index contributed by atoms with van der Waals surface area (Å²) in [5.41, 5.74) is 7.40. The molecule has 2 unspecified atom stereocenters. The topological polar surface area (TPSA) is 83.3 Å². The van der Waals surface area contributed by atoms with E-state index in [1.165, 1.54) is 24.3 Å². The van der Waals surface area contributed by atoms with Gasteiger partial charge in [-0.2, -0.15) is 0 Å². The number of carbonyl (C=O) groups is 1. The van der Waals surface area contributed by atoms with Crippen molar-refractivity contribution in [2.45, 2.75) is 57.9 Å². The third kappa shape index (κ3) is 2.86. The van der Waals surface area contributed by atoms with E-state index in [9.17, 15) is 4.79 Å². The van der Waals surface area contributed by atoms with Crippen molar-refractivity contribution < 1.29 is 4.79 Å². The maximum absolute atomic E-state index is 12.7. The quantitative estimate of drug-likeness (QED) is 0.429. The fourth-order valence-electron chi connectivity index (χ4n) is 7.27. The Morgan fingerprint density at radius 3 is 2.46 bits per heavy atom. The Bertz CT molecular complexity index is 925. The van der Waals surface area contributed by atoms with Crippen molar-refractivity contribution in [1.82, 2.24) is 15.8 Å². The van der Waals surface area contributed by atoms with Crippen LogP contribution in [0, 0.1) is 16.7 Å². The first-order chi connectivity index (χ1) is 13.3. The number of fused-ring (bicyclic) bond motifs is 1. The largest absolute Gasteiger partial charge is 0.351 e. The third-order valence-corrected chi connectivity index (χ3v) is 7.11. The van der Waals surface area contributed by atoms with Gasteiger partial charge in [-0.3, -0.25) is 5.43 Å². The molecule has 2 aromatic rings. The Balaban J connectivity index is 1.51. The molecule has 1 aromatic heterocycles. The highest BCUT2D eigenvalue weighted by Crippen LogP contribution is 2.66. The lowest BCUT2D eigenvalue weighted by atomic mass is 9.43. The molecule has 4 aliphatic carbocycles. The van der Waals surface area contributed by atoms with Crippen LogP contribution in [0.1, 0.15) is 52.4 Å². The summed E-state index contributed by atoms with van der Waals surface area (Å²) in [6.07, 6.45) is 7.20. The lowest BCUT2D eigenvalue weighted by Crippen LogP contribution is -2.69. The summed E-state index contributed by atoms with van der Waals surface area (Å²) in [5, 5.41) is 2.58. The molecule has 0 radical (unpaired) electrons. The molecule has 0 aliphatic heterocycles. The lowest BCUT2D eigenvalue weighted by molar-refractivity contribution is -0.117. The minimum absolute atomic E-state index is 0.0806. The number of amides is 2. The maximum atomic E-state index is 12.7. The van der Waals surface area contributed by atoms with Crippen molar-refractivity contribution in [3.63, 3.8) is 0 Å². The van der Waals surface area contributed by atoms with E-state index < -0.39 is 0 Å². The van der Waals surface area contributed by atoms with Gasteiger partial charge in [0.1, 0.15) is 0 Å². The molecule has 0 spiro atoms. The molecule has 28 heavy (non-hydrogen) atoms. The second-order valence-corrected chi connectivity index (χ2v) is 10.2. The number of nitrogens with one attached hydrogen (secondary N) is 2.